The van der Waals surface area contributed by atoms with Gasteiger partial charge in [0.25, 0.3) is 5.89 Å². The van der Waals surface area contributed by atoms with Crippen LogP contribution in [0.1, 0.15) is 28.7 Å². The second kappa shape index (κ2) is 8.79. The van der Waals surface area contributed by atoms with Crippen molar-refractivity contribution in [1.29, 1.82) is 0 Å². The number of amides is 1. The molecule has 0 bridgehead atoms. The number of benzene rings is 1. The van der Waals surface area contributed by atoms with E-state index in [1.807, 2.05) is 6.92 Å². The molecule has 0 unspecified atom stereocenters. The van der Waals surface area contributed by atoms with Crippen molar-refractivity contribution in [1.82, 2.24) is 30.0 Å². The molecule has 0 radical (unpaired) electrons. The smallest absolute Gasteiger partial charge is 0.307 e. The van der Waals surface area contributed by atoms with Gasteiger partial charge in [0.15, 0.2) is 0 Å². The predicted molar refractivity (Wildman–Crippen MR) is 117 cm³/mol. The van der Waals surface area contributed by atoms with Crippen LogP contribution in [-0.2, 0) is 12.6 Å². The SMILES string of the molecule is Cc1cnc(Nc2ccnn2C)nc1-c1coc(C(=O)N[C@@](C)(CO)c2cccc(F)c2)n1. The Balaban J connectivity index is 1.57. The lowest BCUT2D eigenvalue weighted by Gasteiger charge is -2.28. The Morgan fingerprint density at radius 2 is 2.12 bits per heavy atom. The summed E-state index contributed by atoms with van der Waals surface area (Å²) in [6.07, 6.45) is 4.59. The minimum atomic E-state index is -1.24. The van der Waals surface area contributed by atoms with Crippen LogP contribution in [0.2, 0.25) is 0 Å². The van der Waals surface area contributed by atoms with E-state index in [1.165, 1.54) is 24.5 Å². The van der Waals surface area contributed by atoms with E-state index in [4.69, 9.17) is 4.42 Å². The van der Waals surface area contributed by atoms with Gasteiger partial charge in [0.1, 0.15) is 29.3 Å². The number of rotatable bonds is 7. The summed E-state index contributed by atoms with van der Waals surface area (Å²) in [5.41, 5.74) is 0.712. The molecule has 3 aromatic heterocycles. The number of carbonyl (C=O) groups excluding carboxylic acids is 1. The fourth-order valence-electron chi connectivity index (χ4n) is 3.20. The number of anilines is 2. The zero-order chi connectivity index (χ0) is 23.6. The standard InChI is InChI=1S/C22H22FN7O3/c1-13-10-24-21(27-17-7-8-25-30(17)3)28-18(13)16-11-33-20(26-16)19(32)29-22(2,12-31)14-5-4-6-15(23)9-14/h4-11,31H,12H2,1-3H3,(H,29,32)(H,24,27,28)/t22-/m0/s1. The van der Waals surface area contributed by atoms with E-state index in [-0.39, 0.29) is 5.89 Å². The van der Waals surface area contributed by atoms with Gasteiger partial charge in [0.05, 0.1) is 18.3 Å². The normalized spacial score (nSPS) is 12.9. The highest BCUT2D eigenvalue weighted by atomic mass is 19.1. The van der Waals surface area contributed by atoms with Crippen LogP contribution in [0.15, 0.2) is 53.4 Å². The first-order chi connectivity index (χ1) is 15.8. The second-order valence-electron chi connectivity index (χ2n) is 7.68. The van der Waals surface area contributed by atoms with E-state index in [9.17, 15) is 14.3 Å². The number of aliphatic hydroxyl groups is 1. The van der Waals surface area contributed by atoms with Gasteiger partial charge in [-0.25, -0.2) is 19.3 Å². The average Bonchev–Trinajstić information content (AvgIpc) is 3.44. The number of halogens is 1. The van der Waals surface area contributed by atoms with Gasteiger partial charge in [-0.1, -0.05) is 12.1 Å². The summed E-state index contributed by atoms with van der Waals surface area (Å²) in [6.45, 7) is 2.93. The first-order valence-corrected chi connectivity index (χ1v) is 10.0. The van der Waals surface area contributed by atoms with Crippen molar-refractivity contribution in [2.24, 2.45) is 7.05 Å². The molecular weight excluding hydrogens is 429 g/mol. The minimum Gasteiger partial charge on any atom is -0.440 e. The molecule has 4 rings (SSSR count). The number of nitrogens with zero attached hydrogens (tertiary/aromatic N) is 5. The van der Waals surface area contributed by atoms with E-state index in [0.717, 1.165) is 5.56 Å². The number of aliphatic hydroxyl groups excluding tert-OH is 1. The lowest BCUT2D eigenvalue weighted by Crippen LogP contribution is -2.46. The zero-order valence-electron chi connectivity index (χ0n) is 18.2. The van der Waals surface area contributed by atoms with Gasteiger partial charge in [-0.2, -0.15) is 5.10 Å². The van der Waals surface area contributed by atoms with E-state index in [1.54, 1.807) is 43.2 Å². The third kappa shape index (κ3) is 4.58. The van der Waals surface area contributed by atoms with Gasteiger partial charge in [0, 0.05) is 19.3 Å². The lowest BCUT2D eigenvalue weighted by atomic mass is 9.92. The molecule has 11 heteroatoms. The van der Waals surface area contributed by atoms with Crippen molar-refractivity contribution < 1.29 is 18.7 Å². The number of aryl methyl sites for hydroxylation is 2. The monoisotopic (exact) mass is 451 g/mol. The van der Waals surface area contributed by atoms with E-state index < -0.39 is 23.9 Å². The molecule has 0 fully saturated rings. The highest BCUT2D eigenvalue weighted by Gasteiger charge is 2.30. The van der Waals surface area contributed by atoms with Crippen LogP contribution in [0.5, 0.6) is 0 Å². The molecule has 1 amide bonds. The van der Waals surface area contributed by atoms with E-state index in [2.05, 4.69) is 30.7 Å². The van der Waals surface area contributed by atoms with Gasteiger partial charge in [0.2, 0.25) is 5.95 Å². The lowest BCUT2D eigenvalue weighted by molar-refractivity contribution is 0.0814. The highest BCUT2D eigenvalue weighted by Crippen LogP contribution is 2.24. The largest absolute Gasteiger partial charge is 0.440 e. The molecule has 0 saturated carbocycles. The molecule has 0 saturated heterocycles. The van der Waals surface area contributed by atoms with Crippen molar-refractivity contribution in [2.45, 2.75) is 19.4 Å². The molecule has 3 N–H and O–H groups in total. The molecule has 0 aliphatic rings. The molecule has 4 aromatic rings. The maximum Gasteiger partial charge on any atom is 0.307 e. The summed E-state index contributed by atoms with van der Waals surface area (Å²) in [5, 5.41) is 19.7. The Bertz CT molecular complexity index is 1300. The Hall–Kier alpha value is -4.12. The van der Waals surface area contributed by atoms with Gasteiger partial charge >= 0.3 is 5.91 Å². The summed E-state index contributed by atoms with van der Waals surface area (Å²) in [6, 6.07) is 7.42. The molecule has 0 aliphatic carbocycles. The first kappa shape index (κ1) is 22.1. The zero-order valence-corrected chi connectivity index (χ0v) is 18.2. The van der Waals surface area contributed by atoms with Gasteiger partial charge in [-0.3, -0.25) is 9.48 Å². The fraction of sp³-hybridized carbons (Fsp3) is 0.227. The van der Waals surface area contributed by atoms with Crippen LogP contribution in [0, 0.1) is 12.7 Å². The molecule has 0 spiro atoms. The summed E-state index contributed by atoms with van der Waals surface area (Å²) < 4.78 is 20.7. The number of aromatic nitrogens is 5. The molecule has 170 valence electrons. The first-order valence-electron chi connectivity index (χ1n) is 10.0. The minimum absolute atomic E-state index is 0.222. The van der Waals surface area contributed by atoms with Crippen LogP contribution in [0.4, 0.5) is 16.2 Å². The fourth-order valence-corrected chi connectivity index (χ4v) is 3.20. The molecular formula is C22H22FN7O3. The van der Waals surface area contributed by atoms with Crippen LogP contribution < -0.4 is 10.6 Å². The molecule has 10 nitrogen and oxygen atoms in total. The quantitative estimate of drug-likeness (QED) is 0.391. The predicted octanol–water partition coefficient (Wildman–Crippen LogP) is 2.69. The topological polar surface area (TPSA) is 131 Å². The molecule has 1 atom stereocenters. The number of nitrogens with one attached hydrogen (secondary N) is 2. The summed E-state index contributed by atoms with van der Waals surface area (Å²) >= 11 is 0. The number of carbonyl (C=O) groups is 1. The van der Waals surface area contributed by atoms with Crippen LogP contribution >= 0.6 is 0 Å². The third-order valence-electron chi connectivity index (χ3n) is 5.14. The molecule has 0 aliphatic heterocycles. The van der Waals surface area contributed by atoms with Crippen LogP contribution in [-0.4, -0.2) is 42.4 Å². The Labute approximate surface area is 188 Å². The third-order valence-corrected chi connectivity index (χ3v) is 5.14. The second-order valence-corrected chi connectivity index (χ2v) is 7.68. The van der Waals surface area contributed by atoms with E-state index in [0.29, 0.717) is 28.7 Å². The summed E-state index contributed by atoms with van der Waals surface area (Å²) in [7, 11) is 1.78. The van der Waals surface area contributed by atoms with Crippen molar-refractivity contribution in [3.63, 3.8) is 0 Å². The summed E-state index contributed by atoms with van der Waals surface area (Å²) in [4.78, 5) is 25.8. The van der Waals surface area contributed by atoms with Crippen molar-refractivity contribution in [3.05, 3.63) is 71.8 Å². The Morgan fingerprint density at radius 3 is 2.82 bits per heavy atom. The Kier molecular flexibility index (Phi) is 5.88. The number of hydrogen-bond donors (Lipinski definition) is 3. The van der Waals surface area contributed by atoms with Crippen molar-refractivity contribution in [3.8, 4) is 11.4 Å². The molecule has 1 aromatic carbocycles. The van der Waals surface area contributed by atoms with Gasteiger partial charge in [-0.05, 0) is 37.1 Å². The summed E-state index contributed by atoms with van der Waals surface area (Å²) in [5.74, 6) is -0.338. The van der Waals surface area contributed by atoms with E-state index >= 15 is 0 Å². The van der Waals surface area contributed by atoms with Gasteiger partial charge < -0.3 is 20.2 Å². The average molecular weight is 451 g/mol. The van der Waals surface area contributed by atoms with Crippen LogP contribution in [0.25, 0.3) is 11.4 Å². The molecule has 3 heterocycles. The molecule has 33 heavy (non-hydrogen) atoms. The van der Waals surface area contributed by atoms with Crippen molar-refractivity contribution >= 4 is 17.7 Å². The highest BCUT2D eigenvalue weighted by molar-refractivity contribution is 5.91. The van der Waals surface area contributed by atoms with Crippen LogP contribution in [0.3, 0.4) is 0 Å². The van der Waals surface area contributed by atoms with Gasteiger partial charge in [-0.15, -0.1) is 0 Å². The number of hydrogen-bond acceptors (Lipinski definition) is 8. The van der Waals surface area contributed by atoms with Crippen molar-refractivity contribution in [2.75, 3.05) is 11.9 Å². The maximum absolute atomic E-state index is 13.6. The Morgan fingerprint density at radius 1 is 1.30 bits per heavy atom. The number of oxazole rings is 1. The maximum atomic E-state index is 13.6.